The van der Waals surface area contributed by atoms with Gasteiger partial charge in [0.2, 0.25) is 5.91 Å². The maximum absolute atomic E-state index is 13.3. The van der Waals surface area contributed by atoms with Gasteiger partial charge in [0.1, 0.15) is 5.75 Å². The lowest BCUT2D eigenvalue weighted by molar-refractivity contribution is -0.145. The first-order valence-corrected chi connectivity index (χ1v) is 17.0. The molecular formula is C39H53NO5. The number of aliphatic hydroxyl groups is 1. The maximum atomic E-state index is 13.3. The molecule has 0 aromatic heterocycles. The number of carbonyl (C=O) groups is 2. The lowest BCUT2D eigenvalue weighted by Gasteiger charge is -2.51. The van der Waals surface area contributed by atoms with Crippen molar-refractivity contribution in [1.29, 1.82) is 0 Å². The molecule has 0 saturated heterocycles. The topological polar surface area (TPSA) is 84.9 Å². The molecule has 0 bridgehead atoms. The van der Waals surface area contributed by atoms with Crippen LogP contribution >= 0.6 is 0 Å². The number of rotatable bonds is 10. The van der Waals surface area contributed by atoms with Gasteiger partial charge in [-0.25, -0.2) is 4.79 Å². The normalized spacial score (nSPS) is 27.3. The van der Waals surface area contributed by atoms with E-state index in [0.717, 1.165) is 38.5 Å². The summed E-state index contributed by atoms with van der Waals surface area (Å²) in [7, 11) is 2.90. The molecule has 3 aliphatic carbocycles. The fourth-order valence-electron chi connectivity index (χ4n) is 9.04. The Bertz CT molecular complexity index is 1430. The molecule has 2 aromatic carbocycles. The highest BCUT2D eigenvalue weighted by Crippen LogP contribution is 2.55. The van der Waals surface area contributed by atoms with Crippen LogP contribution in [0.5, 0.6) is 5.75 Å². The Hall–Kier alpha value is -3.12. The second-order valence-corrected chi connectivity index (χ2v) is 14.5. The first kappa shape index (κ1) is 33.2. The highest BCUT2D eigenvalue weighted by Gasteiger charge is 2.49. The van der Waals surface area contributed by atoms with Crippen LogP contribution in [0.1, 0.15) is 112 Å². The van der Waals surface area contributed by atoms with Gasteiger partial charge in [-0.2, -0.15) is 0 Å². The molecule has 1 saturated carbocycles. The van der Waals surface area contributed by atoms with Crippen molar-refractivity contribution in [3.05, 3.63) is 75.9 Å². The minimum Gasteiger partial charge on any atom is -0.497 e. The van der Waals surface area contributed by atoms with Crippen LogP contribution in [0.2, 0.25) is 0 Å². The van der Waals surface area contributed by atoms with Crippen molar-refractivity contribution < 1.29 is 24.2 Å². The molecule has 2 N–H and O–H groups in total. The number of esters is 1. The van der Waals surface area contributed by atoms with E-state index < -0.39 is 12.0 Å². The summed E-state index contributed by atoms with van der Waals surface area (Å²) in [6.45, 7) is 15.6. The van der Waals surface area contributed by atoms with Gasteiger partial charge in [0, 0.05) is 5.57 Å². The van der Waals surface area contributed by atoms with Gasteiger partial charge in [-0.15, -0.1) is 0 Å². The maximum Gasteiger partial charge on any atom is 0.333 e. The minimum atomic E-state index is -0.917. The molecule has 1 amide bonds. The monoisotopic (exact) mass is 615 g/mol. The fraction of sp³-hybridized carbons (Fsp3) is 0.590. The molecule has 2 aromatic rings. The zero-order valence-electron chi connectivity index (χ0n) is 28.4. The molecule has 3 unspecified atom stereocenters. The van der Waals surface area contributed by atoms with E-state index in [-0.39, 0.29) is 23.3 Å². The molecule has 6 heteroatoms. The Kier molecular flexibility index (Phi) is 9.84. The third kappa shape index (κ3) is 6.19. The van der Waals surface area contributed by atoms with Crippen molar-refractivity contribution in [2.24, 2.45) is 23.7 Å². The van der Waals surface area contributed by atoms with E-state index in [1.54, 1.807) is 53.6 Å². The summed E-state index contributed by atoms with van der Waals surface area (Å²) in [4.78, 5) is 25.8. The number of hydrogen-bond donors (Lipinski definition) is 2. The van der Waals surface area contributed by atoms with Gasteiger partial charge in [-0.3, -0.25) is 4.79 Å². The molecule has 0 radical (unpaired) electrons. The molecule has 45 heavy (non-hydrogen) atoms. The predicted octanol–water partition coefficient (Wildman–Crippen LogP) is 7.28. The Balaban J connectivity index is 1.24. The SMILES string of the molecule is C=C(C(=O)N[C@H](C(=O)OC)c1ccc(OC)cc1)C(C)CCC(C)[C@@H]1CCc2c3c(cc(C)c21)[C@@]1(C)CC[C@H](O)[C@@H](C)C1CC3. The number of benzene rings is 2. The third-order valence-electron chi connectivity index (χ3n) is 12.0. The van der Waals surface area contributed by atoms with Crippen LogP contribution in [0.4, 0.5) is 0 Å². The molecule has 3 aliphatic rings. The van der Waals surface area contributed by atoms with E-state index in [2.05, 4.69) is 52.6 Å². The van der Waals surface area contributed by atoms with Crippen molar-refractivity contribution in [2.75, 3.05) is 14.2 Å². The summed E-state index contributed by atoms with van der Waals surface area (Å²) < 4.78 is 10.2. The average molecular weight is 616 g/mol. The number of aryl methyl sites for hydroxylation is 1. The van der Waals surface area contributed by atoms with Crippen LogP contribution in [-0.4, -0.2) is 37.3 Å². The molecule has 0 spiro atoms. The van der Waals surface area contributed by atoms with Crippen molar-refractivity contribution in [3.8, 4) is 5.75 Å². The smallest absolute Gasteiger partial charge is 0.333 e. The van der Waals surface area contributed by atoms with Crippen LogP contribution in [-0.2, 0) is 32.6 Å². The number of methoxy groups -OCH3 is 2. The summed E-state index contributed by atoms with van der Waals surface area (Å²) in [6.07, 6.45) is 8.30. The summed E-state index contributed by atoms with van der Waals surface area (Å²) >= 11 is 0. The highest BCUT2D eigenvalue weighted by molar-refractivity contribution is 5.96. The van der Waals surface area contributed by atoms with Crippen molar-refractivity contribution in [3.63, 3.8) is 0 Å². The number of fused-ring (bicyclic) bond motifs is 5. The number of ether oxygens (including phenoxy) is 2. The number of aliphatic hydroxyl groups excluding tert-OH is 1. The van der Waals surface area contributed by atoms with Gasteiger partial charge < -0.3 is 19.9 Å². The largest absolute Gasteiger partial charge is 0.497 e. The molecule has 8 atom stereocenters. The third-order valence-corrected chi connectivity index (χ3v) is 12.0. The van der Waals surface area contributed by atoms with E-state index in [9.17, 15) is 14.7 Å². The van der Waals surface area contributed by atoms with Crippen molar-refractivity contribution in [2.45, 2.75) is 109 Å². The summed E-state index contributed by atoms with van der Waals surface area (Å²) in [6, 6.07) is 8.63. The average Bonchev–Trinajstić information content (AvgIpc) is 3.50. The van der Waals surface area contributed by atoms with Crippen LogP contribution in [0.25, 0.3) is 0 Å². The van der Waals surface area contributed by atoms with E-state index in [1.165, 1.54) is 25.5 Å². The molecule has 0 heterocycles. The first-order chi connectivity index (χ1) is 21.4. The highest BCUT2D eigenvalue weighted by atomic mass is 16.5. The van der Waals surface area contributed by atoms with Crippen molar-refractivity contribution >= 4 is 11.9 Å². The van der Waals surface area contributed by atoms with Crippen LogP contribution in [0.15, 0.2) is 42.5 Å². The van der Waals surface area contributed by atoms with E-state index in [4.69, 9.17) is 9.47 Å². The summed E-state index contributed by atoms with van der Waals surface area (Å²) in [5.74, 6) is 1.71. The van der Waals surface area contributed by atoms with Crippen LogP contribution in [0, 0.1) is 30.6 Å². The zero-order valence-corrected chi connectivity index (χ0v) is 28.4. The Labute approximate surface area is 270 Å². The Morgan fingerprint density at radius 3 is 2.42 bits per heavy atom. The minimum absolute atomic E-state index is 0.0207. The van der Waals surface area contributed by atoms with Gasteiger partial charge in [-0.05, 0) is 139 Å². The first-order valence-electron chi connectivity index (χ1n) is 17.0. The van der Waals surface area contributed by atoms with Crippen molar-refractivity contribution in [1.82, 2.24) is 5.32 Å². The van der Waals surface area contributed by atoms with Gasteiger partial charge in [0.15, 0.2) is 6.04 Å². The van der Waals surface area contributed by atoms with Gasteiger partial charge in [0.05, 0.1) is 20.3 Å². The quantitative estimate of drug-likeness (QED) is 0.217. The molecule has 5 rings (SSSR count). The van der Waals surface area contributed by atoms with E-state index in [0.29, 0.717) is 40.6 Å². The number of carbonyl (C=O) groups excluding carboxylic acids is 2. The Morgan fingerprint density at radius 2 is 1.76 bits per heavy atom. The molecule has 244 valence electrons. The predicted molar refractivity (Wildman–Crippen MR) is 178 cm³/mol. The lowest BCUT2D eigenvalue weighted by atomic mass is 9.54. The van der Waals surface area contributed by atoms with Gasteiger partial charge in [0.25, 0.3) is 0 Å². The van der Waals surface area contributed by atoms with Crippen LogP contribution in [0.3, 0.4) is 0 Å². The second-order valence-electron chi connectivity index (χ2n) is 14.5. The molecule has 1 fully saturated rings. The van der Waals surface area contributed by atoms with Crippen LogP contribution < -0.4 is 10.1 Å². The van der Waals surface area contributed by atoms with E-state index >= 15 is 0 Å². The summed E-state index contributed by atoms with van der Waals surface area (Å²) in [5, 5.41) is 13.5. The lowest BCUT2D eigenvalue weighted by Crippen LogP contribution is -2.48. The molecule has 6 nitrogen and oxygen atoms in total. The molecular weight excluding hydrogens is 562 g/mol. The Morgan fingerprint density at radius 1 is 1.07 bits per heavy atom. The number of hydrogen-bond acceptors (Lipinski definition) is 5. The second kappa shape index (κ2) is 13.3. The van der Waals surface area contributed by atoms with Gasteiger partial charge >= 0.3 is 5.97 Å². The number of amides is 1. The van der Waals surface area contributed by atoms with E-state index in [1.807, 2.05) is 0 Å². The zero-order chi connectivity index (χ0) is 32.6. The fourth-order valence-corrected chi connectivity index (χ4v) is 9.04. The molecule has 0 aliphatic heterocycles. The number of nitrogens with one attached hydrogen (secondary N) is 1. The summed E-state index contributed by atoms with van der Waals surface area (Å²) in [5.41, 5.74) is 9.08. The standard InChI is InChI=1S/C39H53NO5/c1-22(25(4)37(42)40-36(38(43)45-8)27-11-13-28(44-7)14-12-27)9-10-23(2)29-15-16-31-30-17-18-32-26(5)34(41)19-20-39(32,6)33(30)21-24(3)35(29)31/h11-14,21-23,26,29,32,34,36,41H,4,9-10,15-20H2,1-3,5-8H3,(H,40,42)/t22?,23?,26-,29-,32?,34-,36-,39-/m0/s1. The van der Waals surface area contributed by atoms with Gasteiger partial charge in [-0.1, -0.05) is 52.5 Å².